The maximum atomic E-state index is 12.7. The van der Waals surface area contributed by atoms with Crippen molar-refractivity contribution in [2.45, 2.75) is 20.3 Å². The largest absolute Gasteiger partial charge is 0.508 e. The summed E-state index contributed by atoms with van der Waals surface area (Å²) in [7, 11) is 0. The van der Waals surface area contributed by atoms with Gasteiger partial charge in [0.25, 0.3) is 5.91 Å². The van der Waals surface area contributed by atoms with Gasteiger partial charge < -0.3 is 14.9 Å². The Hall–Kier alpha value is -2.01. The zero-order chi connectivity index (χ0) is 16.4. The molecule has 1 aliphatic rings. The molecule has 5 heteroatoms. The Morgan fingerprint density at radius 3 is 2.39 bits per heavy atom. The Morgan fingerprint density at radius 2 is 1.83 bits per heavy atom. The van der Waals surface area contributed by atoms with Crippen LogP contribution in [0.3, 0.4) is 0 Å². The fourth-order valence-corrected chi connectivity index (χ4v) is 4.05. The van der Waals surface area contributed by atoms with Crippen molar-refractivity contribution in [3.05, 3.63) is 45.6 Å². The third-order valence-electron chi connectivity index (χ3n) is 4.39. The average Bonchev–Trinajstić information content (AvgIpc) is 2.96. The predicted molar refractivity (Wildman–Crippen MR) is 94.7 cm³/mol. The molecule has 4 nitrogen and oxygen atoms in total. The van der Waals surface area contributed by atoms with Crippen LogP contribution in [0.5, 0.6) is 5.75 Å². The Kier molecular flexibility index (Phi) is 4.57. The number of amides is 1. The van der Waals surface area contributed by atoms with Crippen LogP contribution < -0.4 is 4.90 Å². The molecule has 0 saturated carbocycles. The normalized spacial score (nSPS) is 15.0. The summed E-state index contributed by atoms with van der Waals surface area (Å²) in [6.07, 6.45) is 0.976. The molecular weight excluding hydrogens is 308 g/mol. The van der Waals surface area contributed by atoms with Crippen molar-refractivity contribution in [1.29, 1.82) is 0 Å². The Balaban J connectivity index is 1.64. The van der Waals surface area contributed by atoms with E-state index in [1.54, 1.807) is 23.5 Å². The Labute approximate surface area is 141 Å². The molecule has 0 aliphatic carbocycles. The maximum Gasteiger partial charge on any atom is 0.264 e. The lowest BCUT2D eigenvalue weighted by molar-refractivity contribution is 0.0751. The van der Waals surface area contributed by atoms with Crippen molar-refractivity contribution < 1.29 is 9.90 Å². The lowest BCUT2D eigenvalue weighted by Crippen LogP contribution is -2.48. The first-order chi connectivity index (χ1) is 11.1. The molecular formula is C18H22N2O2S. The number of benzene rings is 1. The first-order valence-corrected chi connectivity index (χ1v) is 8.82. The Bertz CT molecular complexity index is 686. The van der Waals surface area contributed by atoms with E-state index in [4.69, 9.17) is 0 Å². The van der Waals surface area contributed by atoms with Gasteiger partial charge in [-0.2, -0.15) is 0 Å². The van der Waals surface area contributed by atoms with Crippen molar-refractivity contribution in [3.63, 3.8) is 0 Å². The monoisotopic (exact) mass is 330 g/mol. The number of thiophene rings is 1. The summed E-state index contributed by atoms with van der Waals surface area (Å²) in [6.45, 7) is 7.32. The maximum absolute atomic E-state index is 12.7. The van der Waals surface area contributed by atoms with E-state index in [9.17, 15) is 9.90 Å². The number of piperazine rings is 1. The van der Waals surface area contributed by atoms with Crippen molar-refractivity contribution in [2.24, 2.45) is 0 Å². The fourth-order valence-electron chi connectivity index (χ4n) is 2.96. The summed E-state index contributed by atoms with van der Waals surface area (Å²) in [5, 5.41) is 9.37. The summed E-state index contributed by atoms with van der Waals surface area (Å²) in [6, 6.07) is 9.29. The third kappa shape index (κ3) is 3.34. The van der Waals surface area contributed by atoms with Gasteiger partial charge in [0, 0.05) is 36.7 Å². The Morgan fingerprint density at radius 1 is 1.17 bits per heavy atom. The van der Waals surface area contributed by atoms with E-state index in [2.05, 4.69) is 24.8 Å². The van der Waals surface area contributed by atoms with Crippen LogP contribution in [-0.4, -0.2) is 42.1 Å². The molecule has 0 spiro atoms. The molecule has 0 atom stereocenters. The van der Waals surface area contributed by atoms with Gasteiger partial charge in [-0.05, 0) is 49.2 Å². The molecule has 1 aromatic carbocycles. The number of phenolic OH excluding ortho intramolecular Hbond substituents is 1. The van der Waals surface area contributed by atoms with Crippen LogP contribution >= 0.6 is 11.3 Å². The van der Waals surface area contributed by atoms with Crippen LogP contribution in [0.4, 0.5) is 5.69 Å². The quantitative estimate of drug-likeness (QED) is 0.939. The number of aryl methyl sites for hydroxylation is 2. The molecule has 0 radical (unpaired) electrons. The highest BCUT2D eigenvalue weighted by Gasteiger charge is 2.23. The molecule has 1 aromatic heterocycles. The molecule has 3 rings (SSSR count). The van der Waals surface area contributed by atoms with Crippen LogP contribution in [-0.2, 0) is 6.42 Å². The highest BCUT2D eigenvalue weighted by atomic mass is 32.1. The molecule has 0 bridgehead atoms. The summed E-state index contributed by atoms with van der Waals surface area (Å²) in [5.41, 5.74) is 2.37. The van der Waals surface area contributed by atoms with E-state index in [-0.39, 0.29) is 11.7 Å². The van der Waals surface area contributed by atoms with Gasteiger partial charge in [0.05, 0.1) is 4.88 Å². The molecule has 1 amide bonds. The number of nitrogens with zero attached hydrogens (tertiary/aromatic N) is 2. The molecule has 1 aliphatic heterocycles. The molecule has 0 unspecified atom stereocenters. The van der Waals surface area contributed by atoms with Gasteiger partial charge in [-0.3, -0.25) is 4.79 Å². The topological polar surface area (TPSA) is 43.8 Å². The van der Waals surface area contributed by atoms with Crippen molar-refractivity contribution in [1.82, 2.24) is 4.90 Å². The highest BCUT2D eigenvalue weighted by Crippen LogP contribution is 2.25. The third-order valence-corrected chi connectivity index (χ3v) is 5.47. The van der Waals surface area contributed by atoms with Crippen LogP contribution in [0.2, 0.25) is 0 Å². The number of hydrogen-bond donors (Lipinski definition) is 1. The minimum atomic E-state index is 0.156. The standard InChI is InChI=1S/C18H22N2O2S/c1-3-14-12-17(23-13(14)2)18(22)20-10-8-19(9-11-20)15-4-6-16(21)7-5-15/h4-7,12,21H,3,8-11H2,1-2H3. The number of phenols is 1. The smallest absolute Gasteiger partial charge is 0.264 e. The van der Waals surface area contributed by atoms with E-state index in [0.29, 0.717) is 0 Å². The van der Waals surface area contributed by atoms with Gasteiger partial charge in [0.2, 0.25) is 0 Å². The van der Waals surface area contributed by atoms with Crippen LogP contribution in [0.1, 0.15) is 27.0 Å². The number of aromatic hydroxyl groups is 1. The zero-order valence-electron chi connectivity index (χ0n) is 13.6. The van der Waals surface area contributed by atoms with Gasteiger partial charge in [0.15, 0.2) is 0 Å². The van der Waals surface area contributed by atoms with Gasteiger partial charge in [-0.15, -0.1) is 11.3 Å². The molecule has 2 aromatic rings. The summed E-state index contributed by atoms with van der Waals surface area (Å²) in [5.74, 6) is 0.436. The van der Waals surface area contributed by atoms with E-state index in [1.807, 2.05) is 17.0 Å². The molecule has 2 heterocycles. The zero-order valence-corrected chi connectivity index (χ0v) is 14.4. The number of hydrogen-bond acceptors (Lipinski definition) is 4. The van der Waals surface area contributed by atoms with Gasteiger partial charge in [-0.25, -0.2) is 0 Å². The number of anilines is 1. The molecule has 1 N–H and O–H groups in total. The minimum absolute atomic E-state index is 0.156. The van der Waals surface area contributed by atoms with E-state index >= 15 is 0 Å². The van der Waals surface area contributed by atoms with Crippen LogP contribution in [0.25, 0.3) is 0 Å². The number of rotatable bonds is 3. The van der Waals surface area contributed by atoms with Crippen molar-refractivity contribution >= 4 is 22.9 Å². The second-order valence-corrected chi connectivity index (χ2v) is 7.10. The van der Waals surface area contributed by atoms with Crippen molar-refractivity contribution in [2.75, 3.05) is 31.1 Å². The minimum Gasteiger partial charge on any atom is -0.508 e. The average molecular weight is 330 g/mol. The molecule has 1 saturated heterocycles. The predicted octanol–water partition coefficient (Wildman–Crippen LogP) is 3.29. The van der Waals surface area contributed by atoms with Crippen LogP contribution in [0.15, 0.2) is 30.3 Å². The highest BCUT2D eigenvalue weighted by molar-refractivity contribution is 7.14. The van der Waals surface area contributed by atoms with Gasteiger partial charge >= 0.3 is 0 Å². The molecule has 1 fully saturated rings. The summed E-state index contributed by atoms with van der Waals surface area (Å²) < 4.78 is 0. The second kappa shape index (κ2) is 6.62. The SMILES string of the molecule is CCc1cc(C(=O)N2CCN(c3ccc(O)cc3)CC2)sc1C. The second-order valence-electron chi connectivity index (χ2n) is 5.84. The van der Waals surface area contributed by atoms with Crippen LogP contribution in [0, 0.1) is 6.92 Å². The first kappa shape index (κ1) is 15.9. The fraction of sp³-hybridized carbons (Fsp3) is 0.389. The van der Waals surface area contributed by atoms with E-state index in [0.717, 1.165) is 43.2 Å². The lowest BCUT2D eigenvalue weighted by Gasteiger charge is -2.36. The lowest BCUT2D eigenvalue weighted by atomic mass is 10.2. The van der Waals surface area contributed by atoms with Gasteiger partial charge in [-0.1, -0.05) is 6.92 Å². The first-order valence-electron chi connectivity index (χ1n) is 8.01. The summed E-state index contributed by atoms with van der Waals surface area (Å²) >= 11 is 1.61. The van der Waals surface area contributed by atoms with Crippen molar-refractivity contribution in [3.8, 4) is 5.75 Å². The molecule has 122 valence electrons. The van der Waals surface area contributed by atoms with E-state index in [1.165, 1.54) is 10.4 Å². The summed E-state index contributed by atoms with van der Waals surface area (Å²) in [4.78, 5) is 19.0. The van der Waals surface area contributed by atoms with Gasteiger partial charge in [0.1, 0.15) is 5.75 Å². The number of carbonyl (C=O) groups excluding carboxylic acids is 1. The number of carbonyl (C=O) groups is 1. The van der Waals surface area contributed by atoms with E-state index < -0.39 is 0 Å². The molecule has 23 heavy (non-hydrogen) atoms.